The summed E-state index contributed by atoms with van der Waals surface area (Å²) in [5.74, 6) is 0.695. The number of carbonyl (C=O) groups is 1. The first-order valence-electron chi connectivity index (χ1n) is 10.4. The maximum atomic E-state index is 12.5. The van der Waals surface area contributed by atoms with E-state index in [-0.39, 0.29) is 5.41 Å². The molecule has 1 saturated heterocycles. The molecule has 0 spiro atoms. The molecule has 0 radical (unpaired) electrons. The highest BCUT2D eigenvalue weighted by Gasteiger charge is 2.34. The molecule has 0 aromatic heterocycles. The average molecular weight is 482 g/mol. The van der Waals surface area contributed by atoms with Gasteiger partial charge in [0.15, 0.2) is 0 Å². The van der Waals surface area contributed by atoms with E-state index in [0.29, 0.717) is 46.7 Å². The maximum Gasteiger partial charge on any atom is 0.408 e. The minimum absolute atomic E-state index is 0.0362. The van der Waals surface area contributed by atoms with Gasteiger partial charge < -0.3 is 24.6 Å². The molecule has 2 aromatic carbocycles. The summed E-state index contributed by atoms with van der Waals surface area (Å²) in [6.07, 6.45) is -1.71. The molecule has 8 heteroatoms. The zero-order valence-corrected chi connectivity index (χ0v) is 20.2. The number of nitrogens with one attached hydrogen (secondary N) is 1. The fourth-order valence-electron chi connectivity index (χ4n) is 3.23. The van der Waals surface area contributed by atoms with Gasteiger partial charge in [-0.3, -0.25) is 0 Å². The number of aliphatic hydroxyl groups excluding tert-OH is 1. The monoisotopic (exact) mass is 481 g/mol. The zero-order valence-electron chi connectivity index (χ0n) is 18.7. The quantitative estimate of drug-likeness (QED) is 0.529. The van der Waals surface area contributed by atoms with Crippen molar-refractivity contribution in [1.82, 2.24) is 5.32 Å². The summed E-state index contributed by atoms with van der Waals surface area (Å²) in [7, 11) is 0. The Kier molecular flexibility index (Phi) is 7.61. The number of rotatable bonds is 7. The van der Waals surface area contributed by atoms with Gasteiger partial charge in [0.2, 0.25) is 0 Å². The van der Waals surface area contributed by atoms with Crippen LogP contribution in [0.4, 0.5) is 4.79 Å². The summed E-state index contributed by atoms with van der Waals surface area (Å²) >= 11 is 12.2. The lowest BCUT2D eigenvalue weighted by atomic mass is 9.90. The van der Waals surface area contributed by atoms with Gasteiger partial charge in [-0.05, 0) is 56.2 Å². The van der Waals surface area contributed by atoms with Gasteiger partial charge in [0.25, 0.3) is 0 Å². The van der Waals surface area contributed by atoms with Crippen LogP contribution in [0.3, 0.4) is 0 Å². The van der Waals surface area contributed by atoms with Crippen molar-refractivity contribution in [1.29, 1.82) is 0 Å². The van der Waals surface area contributed by atoms with Crippen LogP contribution in [0.5, 0.6) is 5.75 Å². The van der Waals surface area contributed by atoms with Crippen molar-refractivity contribution in [2.45, 2.75) is 45.4 Å². The molecule has 1 aliphatic heterocycles. The molecule has 2 atom stereocenters. The topological polar surface area (TPSA) is 77.0 Å². The van der Waals surface area contributed by atoms with Crippen LogP contribution in [0.1, 0.15) is 51.0 Å². The highest BCUT2D eigenvalue weighted by atomic mass is 35.5. The van der Waals surface area contributed by atoms with Crippen molar-refractivity contribution in [3.05, 3.63) is 63.6 Å². The van der Waals surface area contributed by atoms with E-state index < -0.39 is 23.8 Å². The maximum absolute atomic E-state index is 12.5. The number of aliphatic hydroxyl groups is 1. The number of benzene rings is 2. The summed E-state index contributed by atoms with van der Waals surface area (Å²) < 4.78 is 16.5. The first-order valence-corrected chi connectivity index (χ1v) is 11.1. The number of carbonyl (C=O) groups excluding carboxylic acids is 1. The van der Waals surface area contributed by atoms with Crippen molar-refractivity contribution in [2.75, 3.05) is 19.8 Å². The molecular formula is C24H29Cl2NO5. The van der Waals surface area contributed by atoms with Crippen LogP contribution in [0.15, 0.2) is 42.5 Å². The minimum Gasteiger partial charge on any atom is -0.493 e. The Hall–Kier alpha value is -1.99. The molecule has 1 aliphatic rings. The molecule has 32 heavy (non-hydrogen) atoms. The van der Waals surface area contributed by atoms with E-state index in [1.807, 2.05) is 0 Å². The van der Waals surface area contributed by atoms with Crippen LogP contribution in [-0.2, 0) is 9.47 Å². The fraction of sp³-hybridized carbons (Fsp3) is 0.458. The number of alkyl carbamates (subject to hydrolysis) is 1. The molecule has 0 bridgehead atoms. The molecule has 1 fully saturated rings. The molecular weight excluding hydrogens is 453 g/mol. The van der Waals surface area contributed by atoms with Gasteiger partial charge in [0, 0.05) is 5.41 Å². The average Bonchev–Trinajstić information content (AvgIpc) is 2.70. The number of ether oxygens (including phenoxy) is 3. The Morgan fingerprint density at radius 1 is 1.12 bits per heavy atom. The Balaban J connectivity index is 1.78. The Morgan fingerprint density at radius 2 is 1.75 bits per heavy atom. The van der Waals surface area contributed by atoms with Crippen LogP contribution in [0.2, 0.25) is 10.0 Å². The van der Waals surface area contributed by atoms with E-state index in [0.717, 1.165) is 0 Å². The first-order chi connectivity index (χ1) is 15.0. The lowest BCUT2D eigenvalue weighted by molar-refractivity contribution is -0.120. The normalized spacial score (nSPS) is 17.1. The second kappa shape index (κ2) is 9.87. The molecule has 0 aliphatic carbocycles. The van der Waals surface area contributed by atoms with E-state index in [1.54, 1.807) is 63.2 Å². The third kappa shape index (κ3) is 6.51. The van der Waals surface area contributed by atoms with E-state index >= 15 is 0 Å². The van der Waals surface area contributed by atoms with Crippen LogP contribution in [-0.4, -0.2) is 36.6 Å². The predicted octanol–water partition coefficient (Wildman–Crippen LogP) is 5.71. The number of halogens is 2. The molecule has 3 rings (SSSR count). The van der Waals surface area contributed by atoms with Gasteiger partial charge in [-0.15, -0.1) is 0 Å². The molecule has 1 amide bonds. The third-order valence-electron chi connectivity index (χ3n) is 5.00. The van der Waals surface area contributed by atoms with Gasteiger partial charge in [0.05, 0.1) is 35.9 Å². The van der Waals surface area contributed by atoms with Gasteiger partial charge in [-0.2, -0.15) is 0 Å². The SMILES string of the molecule is CC1(COc2ccc(C(O)C(NC(=O)OC(C)(C)C)c3ccc(Cl)c(Cl)c3)cc2)COC1. The summed E-state index contributed by atoms with van der Waals surface area (Å²) in [6, 6.07) is 11.3. The van der Waals surface area contributed by atoms with Crippen molar-refractivity contribution < 1.29 is 24.1 Å². The van der Waals surface area contributed by atoms with Gasteiger partial charge in [0.1, 0.15) is 17.5 Å². The van der Waals surface area contributed by atoms with E-state index in [9.17, 15) is 9.90 Å². The third-order valence-corrected chi connectivity index (χ3v) is 5.74. The van der Waals surface area contributed by atoms with Gasteiger partial charge in [-0.25, -0.2) is 4.79 Å². The molecule has 2 unspecified atom stereocenters. The summed E-state index contributed by atoms with van der Waals surface area (Å²) in [4.78, 5) is 12.5. The largest absolute Gasteiger partial charge is 0.493 e. The highest BCUT2D eigenvalue weighted by molar-refractivity contribution is 6.42. The predicted molar refractivity (Wildman–Crippen MR) is 124 cm³/mol. The second-order valence-electron chi connectivity index (χ2n) is 9.40. The molecule has 1 heterocycles. The van der Waals surface area contributed by atoms with Crippen molar-refractivity contribution in [3.8, 4) is 5.75 Å². The van der Waals surface area contributed by atoms with Crippen LogP contribution < -0.4 is 10.1 Å². The highest BCUT2D eigenvalue weighted by Crippen LogP contribution is 2.34. The number of hydrogen-bond acceptors (Lipinski definition) is 5. The van der Waals surface area contributed by atoms with E-state index in [1.165, 1.54) is 0 Å². The first kappa shape index (κ1) is 24.6. The summed E-state index contributed by atoms with van der Waals surface area (Å²) in [5.41, 5.74) is 0.547. The smallest absolute Gasteiger partial charge is 0.408 e. The van der Waals surface area contributed by atoms with Crippen LogP contribution in [0.25, 0.3) is 0 Å². The standard InChI is InChI=1S/C24H29Cl2NO5/c1-23(2,3)32-22(29)27-20(16-7-10-18(25)19(26)11-16)21(28)15-5-8-17(9-6-15)31-14-24(4)12-30-13-24/h5-11,20-21,28H,12-14H2,1-4H3,(H,27,29). The lowest BCUT2D eigenvalue weighted by Crippen LogP contribution is -2.44. The summed E-state index contributed by atoms with van der Waals surface area (Å²) in [5, 5.41) is 14.6. The number of amides is 1. The van der Waals surface area contributed by atoms with Gasteiger partial charge >= 0.3 is 6.09 Å². The Labute approximate surface area is 198 Å². The van der Waals surface area contributed by atoms with Crippen molar-refractivity contribution in [3.63, 3.8) is 0 Å². The lowest BCUT2D eigenvalue weighted by Gasteiger charge is -2.37. The molecule has 6 nitrogen and oxygen atoms in total. The molecule has 2 N–H and O–H groups in total. The van der Waals surface area contributed by atoms with Crippen LogP contribution >= 0.6 is 23.2 Å². The summed E-state index contributed by atoms with van der Waals surface area (Å²) in [6.45, 7) is 9.35. The Bertz CT molecular complexity index is 938. The fourth-order valence-corrected chi connectivity index (χ4v) is 3.54. The zero-order chi connectivity index (χ0) is 23.5. The number of hydrogen-bond donors (Lipinski definition) is 2. The van der Waals surface area contributed by atoms with Crippen molar-refractivity contribution in [2.24, 2.45) is 5.41 Å². The minimum atomic E-state index is -1.06. The second-order valence-corrected chi connectivity index (χ2v) is 10.2. The Morgan fingerprint density at radius 3 is 2.28 bits per heavy atom. The van der Waals surface area contributed by atoms with Gasteiger partial charge in [-0.1, -0.05) is 48.3 Å². The van der Waals surface area contributed by atoms with E-state index in [4.69, 9.17) is 37.4 Å². The molecule has 174 valence electrons. The van der Waals surface area contributed by atoms with E-state index in [2.05, 4.69) is 12.2 Å². The molecule has 2 aromatic rings. The van der Waals surface area contributed by atoms with Crippen LogP contribution in [0, 0.1) is 5.41 Å². The van der Waals surface area contributed by atoms with Crippen molar-refractivity contribution >= 4 is 29.3 Å². The molecule has 0 saturated carbocycles.